The molecule has 2 heterocycles. The predicted molar refractivity (Wildman–Crippen MR) is 70.7 cm³/mol. The Bertz CT molecular complexity index is 588. The molecule has 3 rings (SSSR count). The number of aromatic amines is 1. The summed E-state index contributed by atoms with van der Waals surface area (Å²) in [5.74, 6) is 0. The second-order valence-electron chi connectivity index (χ2n) is 4.40. The van der Waals surface area contributed by atoms with Crippen LogP contribution in [0.15, 0.2) is 23.3 Å². The van der Waals surface area contributed by atoms with Gasteiger partial charge in [-0.05, 0) is 12.8 Å². The molecule has 0 aliphatic heterocycles. The van der Waals surface area contributed by atoms with Crippen LogP contribution in [0, 0.1) is 0 Å². The molecule has 2 aromatic heterocycles. The maximum absolute atomic E-state index is 11.6. The van der Waals surface area contributed by atoms with Gasteiger partial charge in [0.25, 0.3) is 0 Å². The Hall–Kier alpha value is -1.53. The van der Waals surface area contributed by atoms with Crippen molar-refractivity contribution in [3.05, 3.63) is 33.7 Å². The number of nitrogens with one attached hydrogen (secondary N) is 2. The zero-order chi connectivity index (χ0) is 12.4. The van der Waals surface area contributed by atoms with E-state index in [1.54, 1.807) is 12.4 Å². The molecule has 1 fully saturated rings. The SMILES string of the molecule is O=c1cc[nH]cc1-c1nnc(CCNC2CC2)s1. The van der Waals surface area contributed by atoms with Gasteiger partial charge in [0.15, 0.2) is 10.4 Å². The molecule has 5 nitrogen and oxygen atoms in total. The van der Waals surface area contributed by atoms with Gasteiger partial charge in [-0.15, -0.1) is 10.2 Å². The zero-order valence-corrected chi connectivity index (χ0v) is 10.7. The number of rotatable bonds is 5. The topological polar surface area (TPSA) is 70.7 Å². The van der Waals surface area contributed by atoms with Crippen LogP contribution in [-0.2, 0) is 6.42 Å². The van der Waals surface area contributed by atoms with E-state index in [9.17, 15) is 4.79 Å². The minimum Gasteiger partial charge on any atom is -0.367 e. The Morgan fingerprint density at radius 3 is 3.11 bits per heavy atom. The molecule has 1 saturated carbocycles. The quantitative estimate of drug-likeness (QED) is 0.849. The summed E-state index contributed by atoms with van der Waals surface area (Å²) < 4.78 is 0. The molecule has 1 aliphatic carbocycles. The normalized spacial score (nSPS) is 14.9. The van der Waals surface area contributed by atoms with Gasteiger partial charge in [0.1, 0.15) is 5.01 Å². The van der Waals surface area contributed by atoms with Crippen LogP contribution in [0.5, 0.6) is 0 Å². The maximum atomic E-state index is 11.6. The summed E-state index contributed by atoms with van der Waals surface area (Å²) in [6, 6.07) is 2.22. The Balaban J connectivity index is 1.68. The zero-order valence-electron chi connectivity index (χ0n) is 9.85. The lowest BCUT2D eigenvalue weighted by atomic mass is 10.3. The van der Waals surface area contributed by atoms with Gasteiger partial charge in [-0.2, -0.15) is 0 Å². The summed E-state index contributed by atoms with van der Waals surface area (Å²) in [5, 5.41) is 13.3. The van der Waals surface area contributed by atoms with Crippen molar-refractivity contribution in [3.8, 4) is 10.6 Å². The Kier molecular flexibility index (Phi) is 3.21. The van der Waals surface area contributed by atoms with Crippen molar-refractivity contribution in [1.29, 1.82) is 0 Å². The number of aromatic nitrogens is 3. The number of hydrogen-bond donors (Lipinski definition) is 2. The van der Waals surface area contributed by atoms with Gasteiger partial charge < -0.3 is 10.3 Å². The minimum atomic E-state index is -0.0208. The van der Waals surface area contributed by atoms with E-state index in [2.05, 4.69) is 20.5 Å². The van der Waals surface area contributed by atoms with E-state index in [0.29, 0.717) is 16.6 Å². The van der Waals surface area contributed by atoms with E-state index in [-0.39, 0.29) is 5.43 Å². The number of H-pyrrole nitrogens is 1. The Morgan fingerprint density at radius 2 is 2.33 bits per heavy atom. The van der Waals surface area contributed by atoms with Crippen molar-refractivity contribution in [3.63, 3.8) is 0 Å². The fourth-order valence-corrected chi connectivity index (χ4v) is 2.58. The van der Waals surface area contributed by atoms with Crippen LogP contribution in [0.1, 0.15) is 17.8 Å². The summed E-state index contributed by atoms with van der Waals surface area (Å²) in [4.78, 5) is 14.5. The minimum absolute atomic E-state index is 0.0208. The Morgan fingerprint density at radius 1 is 1.44 bits per heavy atom. The fourth-order valence-electron chi connectivity index (χ4n) is 1.72. The largest absolute Gasteiger partial charge is 0.367 e. The first kappa shape index (κ1) is 11.6. The third-order valence-electron chi connectivity index (χ3n) is 2.87. The fraction of sp³-hybridized carbons (Fsp3) is 0.417. The number of nitrogens with zero attached hydrogens (tertiary/aromatic N) is 2. The highest BCUT2D eigenvalue weighted by molar-refractivity contribution is 7.14. The van der Waals surface area contributed by atoms with Gasteiger partial charge in [0.05, 0.1) is 5.56 Å². The lowest BCUT2D eigenvalue weighted by molar-refractivity contribution is 0.677. The molecule has 0 saturated heterocycles. The smallest absolute Gasteiger partial charge is 0.191 e. The van der Waals surface area contributed by atoms with Crippen molar-refractivity contribution >= 4 is 11.3 Å². The van der Waals surface area contributed by atoms with E-state index in [4.69, 9.17) is 0 Å². The van der Waals surface area contributed by atoms with E-state index in [1.165, 1.54) is 30.2 Å². The van der Waals surface area contributed by atoms with Crippen molar-refractivity contribution in [2.24, 2.45) is 0 Å². The highest BCUT2D eigenvalue weighted by Gasteiger charge is 2.20. The summed E-state index contributed by atoms with van der Waals surface area (Å²) in [7, 11) is 0. The lowest BCUT2D eigenvalue weighted by Crippen LogP contribution is -2.19. The first-order chi connectivity index (χ1) is 8.83. The summed E-state index contributed by atoms with van der Waals surface area (Å²) >= 11 is 1.49. The van der Waals surface area contributed by atoms with Crippen LogP contribution in [0.25, 0.3) is 10.6 Å². The van der Waals surface area contributed by atoms with Gasteiger partial charge in [-0.25, -0.2) is 0 Å². The predicted octanol–water partition coefficient (Wildman–Crippen LogP) is 1.19. The molecule has 2 aromatic rings. The first-order valence-corrected chi connectivity index (χ1v) is 6.88. The highest BCUT2D eigenvalue weighted by atomic mass is 32.1. The molecule has 0 spiro atoms. The van der Waals surface area contributed by atoms with Crippen molar-refractivity contribution in [2.75, 3.05) is 6.54 Å². The summed E-state index contributed by atoms with van der Waals surface area (Å²) in [6.07, 6.45) is 6.75. The van der Waals surface area contributed by atoms with Crippen molar-refractivity contribution in [2.45, 2.75) is 25.3 Å². The van der Waals surface area contributed by atoms with Crippen molar-refractivity contribution < 1.29 is 0 Å². The molecule has 6 heteroatoms. The average Bonchev–Trinajstić information content (AvgIpc) is 3.08. The average molecular weight is 262 g/mol. The van der Waals surface area contributed by atoms with Gasteiger partial charge in [-0.3, -0.25) is 4.79 Å². The number of hydrogen-bond acceptors (Lipinski definition) is 5. The second-order valence-corrected chi connectivity index (χ2v) is 5.46. The molecular weight excluding hydrogens is 248 g/mol. The second kappa shape index (κ2) is 4.99. The van der Waals surface area contributed by atoms with Crippen molar-refractivity contribution in [1.82, 2.24) is 20.5 Å². The third-order valence-corrected chi connectivity index (χ3v) is 3.89. The highest BCUT2D eigenvalue weighted by Crippen LogP contribution is 2.21. The molecular formula is C12H14N4OS. The number of pyridine rings is 1. The molecule has 0 amide bonds. The van der Waals surface area contributed by atoms with Crippen LogP contribution < -0.4 is 10.7 Å². The summed E-state index contributed by atoms with van der Waals surface area (Å²) in [5.41, 5.74) is 0.573. The maximum Gasteiger partial charge on any atom is 0.191 e. The molecule has 0 atom stereocenters. The van der Waals surface area contributed by atoms with Gasteiger partial charge in [0.2, 0.25) is 0 Å². The Labute approximate surface area is 108 Å². The van der Waals surface area contributed by atoms with E-state index < -0.39 is 0 Å². The van der Waals surface area contributed by atoms with Gasteiger partial charge in [-0.1, -0.05) is 11.3 Å². The molecule has 94 valence electrons. The molecule has 0 bridgehead atoms. The lowest BCUT2D eigenvalue weighted by Gasteiger charge is -1.97. The molecule has 0 unspecified atom stereocenters. The van der Waals surface area contributed by atoms with Gasteiger partial charge >= 0.3 is 0 Å². The van der Waals surface area contributed by atoms with E-state index in [0.717, 1.165) is 18.0 Å². The first-order valence-electron chi connectivity index (χ1n) is 6.06. The molecule has 0 radical (unpaired) electrons. The monoisotopic (exact) mass is 262 g/mol. The molecule has 2 N–H and O–H groups in total. The summed E-state index contributed by atoms with van der Waals surface area (Å²) in [6.45, 7) is 0.935. The van der Waals surface area contributed by atoms with Crippen LogP contribution in [0.2, 0.25) is 0 Å². The van der Waals surface area contributed by atoms with E-state index >= 15 is 0 Å². The van der Waals surface area contributed by atoms with Crippen LogP contribution in [0.4, 0.5) is 0 Å². The molecule has 18 heavy (non-hydrogen) atoms. The standard InChI is InChI=1S/C12H14N4OS/c17-10-3-5-13-7-9(10)12-16-15-11(18-12)4-6-14-8-1-2-8/h3,5,7-8,14H,1-2,4,6H2,(H,13,17). The van der Waals surface area contributed by atoms with Gasteiger partial charge in [0, 0.05) is 37.5 Å². The van der Waals surface area contributed by atoms with Crippen LogP contribution in [-0.4, -0.2) is 27.8 Å². The third kappa shape index (κ3) is 2.65. The van der Waals surface area contributed by atoms with E-state index in [1.807, 2.05) is 0 Å². The van der Waals surface area contributed by atoms with Crippen LogP contribution >= 0.6 is 11.3 Å². The molecule has 0 aromatic carbocycles. The van der Waals surface area contributed by atoms with Crippen LogP contribution in [0.3, 0.4) is 0 Å². The molecule has 1 aliphatic rings.